The van der Waals surface area contributed by atoms with Gasteiger partial charge in [-0.2, -0.15) is 0 Å². The van der Waals surface area contributed by atoms with Crippen LogP contribution in [0.1, 0.15) is 26.6 Å². The quantitative estimate of drug-likeness (QED) is 0.680. The van der Waals surface area contributed by atoms with Crippen molar-refractivity contribution < 1.29 is 4.79 Å². The lowest BCUT2D eigenvalue weighted by molar-refractivity contribution is 0.102. The van der Waals surface area contributed by atoms with Gasteiger partial charge in [0.2, 0.25) is 0 Å². The second-order valence-electron chi connectivity index (χ2n) is 5.19. The van der Waals surface area contributed by atoms with E-state index >= 15 is 0 Å². The molecule has 0 aliphatic heterocycles. The Morgan fingerprint density at radius 2 is 1.91 bits per heavy atom. The molecule has 0 spiro atoms. The van der Waals surface area contributed by atoms with E-state index in [-0.39, 0.29) is 5.91 Å². The molecule has 0 bridgehead atoms. The van der Waals surface area contributed by atoms with Crippen molar-refractivity contribution in [2.45, 2.75) is 13.3 Å². The van der Waals surface area contributed by atoms with Gasteiger partial charge in [0.1, 0.15) is 5.69 Å². The number of hydrogen-bond acceptors (Lipinski definition) is 3. The molecule has 3 nitrogen and oxygen atoms in total. The van der Waals surface area contributed by atoms with Gasteiger partial charge in [-0.1, -0.05) is 40.2 Å². The summed E-state index contributed by atoms with van der Waals surface area (Å²) in [5, 5.41) is 5.61. The van der Waals surface area contributed by atoms with E-state index in [1.807, 2.05) is 41.8 Å². The summed E-state index contributed by atoms with van der Waals surface area (Å²) in [6.07, 6.45) is 0.753. The molecule has 0 radical (unpaired) electrons. The van der Waals surface area contributed by atoms with E-state index in [1.165, 1.54) is 22.5 Å². The first-order valence-electron chi connectivity index (χ1n) is 7.17. The molecular weight excluding hydrogens is 372 g/mol. The zero-order chi connectivity index (χ0) is 16.2. The van der Waals surface area contributed by atoms with E-state index in [4.69, 9.17) is 0 Å². The average Bonchev–Trinajstić information content (AvgIpc) is 3.01. The van der Waals surface area contributed by atoms with Crippen molar-refractivity contribution in [3.05, 3.63) is 80.2 Å². The number of rotatable bonds is 4. The monoisotopic (exact) mass is 386 g/mol. The SMILES string of the molecule is Cc1ccccc1Cc1nc(C(=O)Nc2ccc(Br)cc2)cs1. The van der Waals surface area contributed by atoms with E-state index in [9.17, 15) is 4.79 Å². The molecule has 3 aromatic rings. The second-order valence-corrected chi connectivity index (χ2v) is 7.05. The van der Waals surface area contributed by atoms with Crippen LogP contribution < -0.4 is 5.32 Å². The maximum atomic E-state index is 12.3. The Labute approximate surface area is 147 Å². The fourth-order valence-electron chi connectivity index (χ4n) is 2.20. The summed E-state index contributed by atoms with van der Waals surface area (Å²) in [6.45, 7) is 2.09. The van der Waals surface area contributed by atoms with Crippen LogP contribution in [0, 0.1) is 6.92 Å². The molecule has 116 valence electrons. The summed E-state index contributed by atoms with van der Waals surface area (Å²) in [4.78, 5) is 16.7. The highest BCUT2D eigenvalue weighted by molar-refractivity contribution is 9.10. The van der Waals surface area contributed by atoms with Crippen molar-refractivity contribution in [3.63, 3.8) is 0 Å². The summed E-state index contributed by atoms with van der Waals surface area (Å²) in [7, 11) is 0. The first kappa shape index (κ1) is 15.9. The number of amides is 1. The van der Waals surface area contributed by atoms with Crippen molar-refractivity contribution in [2.24, 2.45) is 0 Å². The highest BCUT2D eigenvalue weighted by Crippen LogP contribution is 2.19. The van der Waals surface area contributed by atoms with E-state index < -0.39 is 0 Å². The molecule has 5 heteroatoms. The van der Waals surface area contributed by atoms with E-state index in [1.54, 1.807) is 0 Å². The highest BCUT2D eigenvalue weighted by atomic mass is 79.9. The van der Waals surface area contributed by atoms with Crippen molar-refractivity contribution in [2.75, 3.05) is 5.32 Å². The number of anilines is 1. The van der Waals surface area contributed by atoms with Crippen molar-refractivity contribution >= 4 is 38.9 Å². The van der Waals surface area contributed by atoms with Gasteiger partial charge in [-0.3, -0.25) is 4.79 Å². The van der Waals surface area contributed by atoms with Crippen LogP contribution >= 0.6 is 27.3 Å². The molecule has 0 unspecified atom stereocenters. The Kier molecular flexibility index (Phi) is 4.88. The third kappa shape index (κ3) is 4.06. The Bertz CT molecular complexity index is 827. The van der Waals surface area contributed by atoms with Crippen LogP contribution in [-0.2, 0) is 6.42 Å². The van der Waals surface area contributed by atoms with Gasteiger partial charge in [-0.05, 0) is 42.3 Å². The lowest BCUT2D eigenvalue weighted by Crippen LogP contribution is -2.12. The number of thiazole rings is 1. The third-order valence-electron chi connectivity index (χ3n) is 3.49. The molecule has 0 fully saturated rings. The molecule has 1 N–H and O–H groups in total. The van der Waals surface area contributed by atoms with Gasteiger partial charge in [-0.15, -0.1) is 11.3 Å². The normalized spacial score (nSPS) is 10.5. The Balaban J connectivity index is 1.70. The van der Waals surface area contributed by atoms with E-state index in [0.29, 0.717) is 5.69 Å². The summed E-state index contributed by atoms with van der Waals surface area (Å²) in [5.41, 5.74) is 3.69. The van der Waals surface area contributed by atoms with Crippen molar-refractivity contribution in [1.82, 2.24) is 4.98 Å². The Morgan fingerprint density at radius 1 is 1.17 bits per heavy atom. The van der Waals surface area contributed by atoms with Crippen LogP contribution in [0.15, 0.2) is 58.4 Å². The van der Waals surface area contributed by atoms with Gasteiger partial charge < -0.3 is 5.32 Å². The first-order chi connectivity index (χ1) is 11.1. The summed E-state index contributed by atoms with van der Waals surface area (Å²) in [6, 6.07) is 15.7. The highest BCUT2D eigenvalue weighted by Gasteiger charge is 2.12. The maximum absolute atomic E-state index is 12.3. The standard InChI is InChI=1S/C18H15BrN2OS/c1-12-4-2-3-5-13(12)10-17-21-16(11-23-17)18(22)20-15-8-6-14(19)7-9-15/h2-9,11H,10H2,1H3,(H,20,22). The van der Waals surface area contributed by atoms with Gasteiger partial charge in [-0.25, -0.2) is 4.98 Å². The lowest BCUT2D eigenvalue weighted by atomic mass is 10.1. The van der Waals surface area contributed by atoms with Crippen molar-refractivity contribution in [1.29, 1.82) is 0 Å². The number of nitrogens with one attached hydrogen (secondary N) is 1. The fourth-order valence-corrected chi connectivity index (χ4v) is 3.26. The van der Waals surface area contributed by atoms with Crippen LogP contribution in [0.25, 0.3) is 0 Å². The van der Waals surface area contributed by atoms with Gasteiger partial charge in [0, 0.05) is 22.0 Å². The Morgan fingerprint density at radius 3 is 2.65 bits per heavy atom. The first-order valence-corrected chi connectivity index (χ1v) is 8.85. The zero-order valence-electron chi connectivity index (χ0n) is 12.5. The number of halogens is 1. The van der Waals surface area contributed by atoms with Gasteiger partial charge >= 0.3 is 0 Å². The van der Waals surface area contributed by atoms with Gasteiger partial charge in [0.25, 0.3) is 5.91 Å². The van der Waals surface area contributed by atoms with Gasteiger partial charge in [0.15, 0.2) is 0 Å². The molecular formula is C18H15BrN2OS. The smallest absolute Gasteiger partial charge is 0.275 e. The topological polar surface area (TPSA) is 42.0 Å². The van der Waals surface area contributed by atoms with Gasteiger partial charge in [0.05, 0.1) is 5.01 Å². The summed E-state index contributed by atoms with van der Waals surface area (Å²) in [5.74, 6) is -0.181. The van der Waals surface area contributed by atoms with Crippen LogP contribution in [0.4, 0.5) is 5.69 Å². The minimum Gasteiger partial charge on any atom is -0.321 e. The molecule has 0 saturated heterocycles. The minimum absolute atomic E-state index is 0.181. The zero-order valence-corrected chi connectivity index (χ0v) is 14.9. The van der Waals surface area contributed by atoms with Crippen LogP contribution in [0.2, 0.25) is 0 Å². The molecule has 0 atom stereocenters. The number of hydrogen-bond donors (Lipinski definition) is 1. The largest absolute Gasteiger partial charge is 0.321 e. The van der Waals surface area contributed by atoms with Crippen LogP contribution in [0.3, 0.4) is 0 Å². The molecule has 1 heterocycles. The van der Waals surface area contributed by atoms with E-state index in [0.717, 1.165) is 21.6 Å². The Hall–Kier alpha value is -1.98. The number of benzene rings is 2. The number of aryl methyl sites for hydroxylation is 1. The minimum atomic E-state index is -0.181. The van der Waals surface area contributed by atoms with Crippen molar-refractivity contribution in [3.8, 4) is 0 Å². The number of aromatic nitrogens is 1. The summed E-state index contributed by atoms with van der Waals surface area (Å²) >= 11 is 4.89. The lowest BCUT2D eigenvalue weighted by Gasteiger charge is -2.03. The molecule has 1 aromatic heterocycles. The number of nitrogens with zero attached hydrogens (tertiary/aromatic N) is 1. The van der Waals surface area contributed by atoms with E-state index in [2.05, 4.69) is 45.3 Å². The number of carbonyl (C=O) groups excluding carboxylic acids is 1. The molecule has 23 heavy (non-hydrogen) atoms. The average molecular weight is 387 g/mol. The summed E-state index contributed by atoms with van der Waals surface area (Å²) < 4.78 is 0.977. The second kappa shape index (κ2) is 7.06. The molecule has 1 amide bonds. The fraction of sp³-hybridized carbons (Fsp3) is 0.111. The molecule has 0 saturated carbocycles. The molecule has 0 aliphatic rings. The number of carbonyl (C=O) groups is 1. The third-order valence-corrected chi connectivity index (χ3v) is 4.87. The molecule has 3 rings (SSSR count). The predicted molar refractivity (Wildman–Crippen MR) is 98.2 cm³/mol. The predicted octanol–water partition coefficient (Wildman–Crippen LogP) is 5.06. The van der Waals surface area contributed by atoms with Crippen LogP contribution in [-0.4, -0.2) is 10.9 Å². The van der Waals surface area contributed by atoms with Crippen LogP contribution in [0.5, 0.6) is 0 Å². The molecule has 0 aliphatic carbocycles. The maximum Gasteiger partial charge on any atom is 0.275 e. The molecule has 2 aromatic carbocycles.